The molecule has 2 atom stereocenters. The SMILES string of the molecule is COc1ccc([C@@H](NC(=O)[C@@H]2CCN(C)C(=O)C2)C2CC2)cc1. The lowest BCUT2D eigenvalue weighted by atomic mass is 9.94. The van der Waals surface area contributed by atoms with E-state index in [9.17, 15) is 9.59 Å². The first-order valence-electron chi connectivity index (χ1n) is 8.26. The Morgan fingerprint density at radius 3 is 2.52 bits per heavy atom. The van der Waals surface area contributed by atoms with Crippen LogP contribution >= 0.6 is 0 Å². The second-order valence-corrected chi connectivity index (χ2v) is 6.60. The van der Waals surface area contributed by atoms with Crippen molar-refractivity contribution in [3.05, 3.63) is 29.8 Å². The van der Waals surface area contributed by atoms with E-state index in [1.165, 1.54) is 0 Å². The molecule has 3 rings (SSSR count). The van der Waals surface area contributed by atoms with Gasteiger partial charge in [0.2, 0.25) is 11.8 Å². The van der Waals surface area contributed by atoms with Crippen molar-refractivity contribution < 1.29 is 14.3 Å². The Morgan fingerprint density at radius 2 is 1.96 bits per heavy atom. The molecule has 1 aromatic rings. The molecule has 0 radical (unpaired) electrons. The monoisotopic (exact) mass is 316 g/mol. The van der Waals surface area contributed by atoms with Gasteiger partial charge >= 0.3 is 0 Å². The third kappa shape index (κ3) is 3.66. The number of rotatable bonds is 5. The molecule has 2 fully saturated rings. The highest BCUT2D eigenvalue weighted by molar-refractivity contribution is 5.87. The molecule has 0 aromatic heterocycles. The van der Waals surface area contributed by atoms with Gasteiger partial charge in [-0.2, -0.15) is 0 Å². The van der Waals surface area contributed by atoms with Crippen molar-refractivity contribution in [1.29, 1.82) is 0 Å². The molecule has 23 heavy (non-hydrogen) atoms. The minimum Gasteiger partial charge on any atom is -0.497 e. The molecule has 1 aromatic carbocycles. The van der Waals surface area contributed by atoms with E-state index in [0.29, 0.717) is 18.9 Å². The predicted molar refractivity (Wildman–Crippen MR) is 87.0 cm³/mol. The van der Waals surface area contributed by atoms with Crippen molar-refractivity contribution in [2.75, 3.05) is 20.7 Å². The van der Waals surface area contributed by atoms with Crippen LogP contribution in [0, 0.1) is 11.8 Å². The number of amides is 2. The van der Waals surface area contributed by atoms with Gasteiger partial charge in [-0.15, -0.1) is 0 Å². The van der Waals surface area contributed by atoms with Gasteiger partial charge in [-0.05, 0) is 42.9 Å². The van der Waals surface area contributed by atoms with E-state index < -0.39 is 0 Å². The first kappa shape index (κ1) is 15.8. The highest BCUT2D eigenvalue weighted by Gasteiger charge is 2.36. The number of methoxy groups -OCH3 is 1. The lowest BCUT2D eigenvalue weighted by molar-refractivity contribution is -0.139. The van der Waals surface area contributed by atoms with E-state index in [1.54, 1.807) is 19.1 Å². The van der Waals surface area contributed by atoms with E-state index in [1.807, 2.05) is 24.3 Å². The topological polar surface area (TPSA) is 58.6 Å². The normalized spacial score (nSPS) is 22.6. The van der Waals surface area contributed by atoms with Crippen molar-refractivity contribution in [2.24, 2.45) is 11.8 Å². The minimum atomic E-state index is -0.196. The summed E-state index contributed by atoms with van der Waals surface area (Å²) in [6.07, 6.45) is 3.35. The average Bonchev–Trinajstić information content (AvgIpc) is 3.40. The van der Waals surface area contributed by atoms with Gasteiger partial charge in [-0.1, -0.05) is 12.1 Å². The van der Waals surface area contributed by atoms with Crippen LogP contribution < -0.4 is 10.1 Å². The molecule has 1 aliphatic carbocycles. The summed E-state index contributed by atoms with van der Waals surface area (Å²) in [7, 11) is 3.44. The summed E-state index contributed by atoms with van der Waals surface area (Å²) < 4.78 is 5.19. The molecule has 1 heterocycles. The molecule has 124 valence electrons. The van der Waals surface area contributed by atoms with E-state index in [-0.39, 0.29) is 23.8 Å². The van der Waals surface area contributed by atoms with Gasteiger partial charge in [0.05, 0.1) is 13.2 Å². The molecule has 0 bridgehead atoms. The van der Waals surface area contributed by atoms with Gasteiger partial charge in [0, 0.05) is 25.9 Å². The fourth-order valence-electron chi connectivity index (χ4n) is 3.15. The molecular weight excluding hydrogens is 292 g/mol. The summed E-state index contributed by atoms with van der Waals surface area (Å²) in [5.74, 6) is 1.20. The molecule has 5 nitrogen and oxygen atoms in total. The van der Waals surface area contributed by atoms with Crippen LogP contribution in [0.25, 0.3) is 0 Å². The Kier molecular flexibility index (Phi) is 4.55. The van der Waals surface area contributed by atoms with E-state index in [0.717, 1.165) is 30.6 Å². The molecular formula is C18H24N2O3. The van der Waals surface area contributed by atoms with E-state index >= 15 is 0 Å². The summed E-state index contributed by atoms with van der Waals surface area (Å²) in [4.78, 5) is 26.1. The van der Waals surface area contributed by atoms with Gasteiger partial charge in [0.1, 0.15) is 5.75 Å². The highest BCUT2D eigenvalue weighted by Crippen LogP contribution is 2.41. The number of carbonyl (C=O) groups is 2. The van der Waals surface area contributed by atoms with Crippen LogP contribution in [0.1, 0.15) is 37.3 Å². The van der Waals surface area contributed by atoms with Crippen LogP contribution in [0.4, 0.5) is 0 Å². The fourth-order valence-corrected chi connectivity index (χ4v) is 3.15. The number of nitrogens with zero attached hydrogens (tertiary/aromatic N) is 1. The van der Waals surface area contributed by atoms with Crippen LogP contribution in [0.5, 0.6) is 5.75 Å². The quantitative estimate of drug-likeness (QED) is 0.905. The van der Waals surface area contributed by atoms with Gasteiger partial charge < -0.3 is 15.0 Å². The van der Waals surface area contributed by atoms with Crippen LogP contribution in [0.2, 0.25) is 0 Å². The highest BCUT2D eigenvalue weighted by atomic mass is 16.5. The number of piperidine rings is 1. The van der Waals surface area contributed by atoms with E-state index in [2.05, 4.69) is 5.32 Å². The van der Waals surface area contributed by atoms with Gasteiger partial charge in [-0.25, -0.2) is 0 Å². The van der Waals surface area contributed by atoms with Crippen molar-refractivity contribution in [3.8, 4) is 5.75 Å². The lowest BCUT2D eigenvalue weighted by Gasteiger charge is -2.29. The summed E-state index contributed by atoms with van der Waals surface area (Å²) >= 11 is 0. The number of hydrogen-bond donors (Lipinski definition) is 1. The first-order chi connectivity index (χ1) is 11.1. The maximum atomic E-state index is 12.6. The smallest absolute Gasteiger partial charge is 0.224 e. The van der Waals surface area contributed by atoms with Crippen LogP contribution in [-0.4, -0.2) is 37.4 Å². The van der Waals surface area contributed by atoms with Crippen LogP contribution in [0.15, 0.2) is 24.3 Å². The number of hydrogen-bond acceptors (Lipinski definition) is 3. The third-order valence-electron chi connectivity index (χ3n) is 4.90. The van der Waals surface area contributed by atoms with E-state index in [4.69, 9.17) is 4.74 Å². The molecule has 5 heteroatoms. The second kappa shape index (κ2) is 6.60. The largest absolute Gasteiger partial charge is 0.497 e. The van der Waals surface area contributed by atoms with Gasteiger partial charge in [-0.3, -0.25) is 9.59 Å². The van der Waals surface area contributed by atoms with Crippen molar-refractivity contribution in [3.63, 3.8) is 0 Å². The van der Waals surface area contributed by atoms with Crippen LogP contribution in [-0.2, 0) is 9.59 Å². The van der Waals surface area contributed by atoms with Crippen molar-refractivity contribution in [1.82, 2.24) is 10.2 Å². The summed E-state index contributed by atoms with van der Waals surface area (Å²) in [6.45, 7) is 0.660. The zero-order valence-corrected chi connectivity index (χ0v) is 13.7. The zero-order valence-electron chi connectivity index (χ0n) is 13.7. The number of ether oxygens (including phenoxy) is 1. The standard InChI is InChI=1S/C18H24N2O3/c1-20-10-9-14(11-16(20)21)18(22)19-17(12-3-4-12)13-5-7-15(23-2)8-6-13/h5-8,12,14,17H,3-4,9-11H2,1-2H3,(H,19,22)/t14-,17+/m1/s1. The third-order valence-corrected chi connectivity index (χ3v) is 4.90. The molecule has 1 N–H and O–H groups in total. The second-order valence-electron chi connectivity index (χ2n) is 6.60. The Balaban J connectivity index is 1.67. The maximum absolute atomic E-state index is 12.6. The number of carbonyl (C=O) groups excluding carboxylic acids is 2. The Hall–Kier alpha value is -2.04. The summed E-state index contributed by atoms with van der Waals surface area (Å²) in [6, 6.07) is 7.93. The van der Waals surface area contributed by atoms with Gasteiger partial charge in [0.15, 0.2) is 0 Å². The lowest BCUT2D eigenvalue weighted by Crippen LogP contribution is -2.43. The summed E-state index contributed by atoms with van der Waals surface area (Å²) in [5.41, 5.74) is 1.11. The molecule has 1 saturated heterocycles. The molecule has 2 aliphatic rings. The van der Waals surface area contributed by atoms with Crippen molar-refractivity contribution >= 4 is 11.8 Å². The van der Waals surface area contributed by atoms with Crippen LogP contribution in [0.3, 0.4) is 0 Å². The van der Waals surface area contributed by atoms with Crippen molar-refractivity contribution in [2.45, 2.75) is 31.7 Å². The molecule has 0 unspecified atom stereocenters. The Bertz CT molecular complexity index is 580. The predicted octanol–water partition coefficient (Wildman–Crippen LogP) is 2.13. The summed E-state index contributed by atoms with van der Waals surface area (Å²) in [5, 5.41) is 3.19. The van der Waals surface area contributed by atoms with Gasteiger partial charge in [0.25, 0.3) is 0 Å². The Morgan fingerprint density at radius 1 is 1.26 bits per heavy atom. The first-order valence-corrected chi connectivity index (χ1v) is 8.26. The zero-order chi connectivity index (χ0) is 16.4. The number of nitrogens with one attached hydrogen (secondary N) is 1. The molecule has 1 aliphatic heterocycles. The minimum absolute atomic E-state index is 0.0131. The number of benzene rings is 1. The molecule has 2 amide bonds. The Labute approximate surface area is 137 Å². The fraction of sp³-hybridized carbons (Fsp3) is 0.556. The molecule has 1 saturated carbocycles. The average molecular weight is 316 g/mol. The molecule has 0 spiro atoms. The number of likely N-dealkylation sites (tertiary alicyclic amines) is 1. The maximum Gasteiger partial charge on any atom is 0.224 e.